The van der Waals surface area contributed by atoms with Gasteiger partial charge in [-0.05, 0) is 25.1 Å². The van der Waals surface area contributed by atoms with Gasteiger partial charge in [0.1, 0.15) is 4.99 Å². The molecule has 0 radical (unpaired) electrons. The van der Waals surface area contributed by atoms with Crippen molar-refractivity contribution in [1.29, 1.82) is 0 Å². The zero-order chi connectivity index (χ0) is 13.7. The molecule has 98 valence electrons. The summed E-state index contributed by atoms with van der Waals surface area (Å²) in [6, 6.07) is 5.21. The normalized spacial score (nSPS) is 9.94. The summed E-state index contributed by atoms with van der Waals surface area (Å²) in [7, 11) is 1.75. The standard InChI is InChI=1S/C12H16ClN3OS/c1-3-16(2)11(17)7-15-10-5-4-8(12(14)18)6-9(10)13/h4-6,15H,3,7H2,1-2H3,(H2,14,18). The van der Waals surface area contributed by atoms with Crippen LogP contribution in [0.4, 0.5) is 5.69 Å². The van der Waals surface area contributed by atoms with Crippen molar-refractivity contribution >= 4 is 40.4 Å². The third-order valence-corrected chi connectivity index (χ3v) is 3.13. The molecule has 0 spiro atoms. The van der Waals surface area contributed by atoms with Gasteiger partial charge in [-0.3, -0.25) is 4.79 Å². The SMILES string of the molecule is CCN(C)C(=O)CNc1ccc(C(N)=S)cc1Cl. The molecular formula is C12H16ClN3OS. The fraction of sp³-hybridized carbons (Fsp3) is 0.333. The van der Waals surface area contributed by atoms with Crippen molar-refractivity contribution in [1.82, 2.24) is 4.90 Å². The predicted molar refractivity (Wildman–Crippen MR) is 79.1 cm³/mol. The number of carbonyl (C=O) groups is 1. The van der Waals surface area contributed by atoms with Crippen LogP contribution in [-0.4, -0.2) is 35.9 Å². The van der Waals surface area contributed by atoms with Crippen LogP contribution in [0.5, 0.6) is 0 Å². The van der Waals surface area contributed by atoms with E-state index in [1.807, 2.05) is 6.92 Å². The molecule has 4 nitrogen and oxygen atoms in total. The van der Waals surface area contributed by atoms with E-state index in [-0.39, 0.29) is 12.5 Å². The number of amides is 1. The molecule has 0 aromatic heterocycles. The minimum atomic E-state index is 0.00647. The third-order valence-electron chi connectivity index (χ3n) is 2.58. The van der Waals surface area contributed by atoms with Gasteiger partial charge in [0, 0.05) is 19.2 Å². The molecule has 0 unspecified atom stereocenters. The number of nitrogens with two attached hydrogens (primary N) is 1. The highest BCUT2D eigenvalue weighted by atomic mass is 35.5. The smallest absolute Gasteiger partial charge is 0.241 e. The number of thiocarbonyl (C=S) groups is 1. The Labute approximate surface area is 117 Å². The van der Waals surface area contributed by atoms with Crippen molar-refractivity contribution < 1.29 is 4.79 Å². The molecule has 18 heavy (non-hydrogen) atoms. The number of hydrogen-bond donors (Lipinski definition) is 2. The first-order chi connectivity index (χ1) is 8.45. The van der Waals surface area contributed by atoms with Gasteiger partial charge in [-0.2, -0.15) is 0 Å². The van der Waals surface area contributed by atoms with Crippen LogP contribution >= 0.6 is 23.8 Å². The first kappa shape index (κ1) is 14.7. The number of nitrogens with one attached hydrogen (secondary N) is 1. The van der Waals surface area contributed by atoms with E-state index in [4.69, 9.17) is 29.6 Å². The summed E-state index contributed by atoms with van der Waals surface area (Å²) in [4.78, 5) is 13.5. The van der Waals surface area contributed by atoms with Gasteiger partial charge in [-0.25, -0.2) is 0 Å². The zero-order valence-corrected chi connectivity index (χ0v) is 11.9. The van der Waals surface area contributed by atoms with Gasteiger partial charge in [0.25, 0.3) is 0 Å². The summed E-state index contributed by atoms with van der Waals surface area (Å²) in [5.74, 6) is 0.00647. The monoisotopic (exact) mass is 285 g/mol. The maximum atomic E-state index is 11.6. The molecule has 1 rings (SSSR count). The number of carbonyl (C=O) groups excluding carboxylic acids is 1. The van der Waals surface area contributed by atoms with E-state index in [2.05, 4.69) is 5.32 Å². The maximum Gasteiger partial charge on any atom is 0.241 e. The highest BCUT2D eigenvalue weighted by molar-refractivity contribution is 7.80. The number of likely N-dealkylation sites (N-methyl/N-ethyl adjacent to an activating group) is 1. The van der Waals surface area contributed by atoms with Gasteiger partial charge in [0.15, 0.2) is 0 Å². The van der Waals surface area contributed by atoms with Gasteiger partial charge < -0.3 is 16.0 Å². The molecule has 0 saturated heterocycles. The largest absolute Gasteiger partial charge is 0.389 e. The molecule has 0 aliphatic rings. The number of anilines is 1. The molecule has 0 saturated carbocycles. The molecule has 0 aliphatic heterocycles. The lowest BCUT2D eigenvalue weighted by atomic mass is 10.2. The number of halogens is 1. The molecule has 6 heteroatoms. The minimum absolute atomic E-state index is 0.00647. The first-order valence-corrected chi connectivity index (χ1v) is 6.31. The summed E-state index contributed by atoms with van der Waals surface area (Å²) in [5, 5.41) is 3.48. The molecule has 1 amide bonds. The lowest BCUT2D eigenvalue weighted by molar-refractivity contribution is -0.127. The van der Waals surface area contributed by atoms with Crippen LogP contribution in [0.15, 0.2) is 18.2 Å². The first-order valence-electron chi connectivity index (χ1n) is 5.53. The Morgan fingerprint density at radius 2 is 2.22 bits per heavy atom. The summed E-state index contributed by atoms with van der Waals surface area (Å²) in [5.41, 5.74) is 6.90. The Morgan fingerprint density at radius 3 is 2.72 bits per heavy atom. The molecule has 0 atom stereocenters. The van der Waals surface area contributed by atoms with Crippen molar-refractivity contribution in [2.45, 2.75) is 6.92 Å². The Hall–Kier alpha value is -1.33. The summed E-state index contributed by atoms with van der Waals surface area (Å²) in [6.07, 6.45) is 0. The van der Waals surface area contributed by atoms with Crippen LogP contribution < -0.4 is 11.1 Å². The lowest BCUT2D eigenvalue weighted by Crippen LogP contribution is -2.31. The van der Waals surface area contributed by atoms with Crippen molar-refractivity contribution in [3.8, 4) is 0 Å². The van der Waals surface area contributed by atoms with E-state index in [0.29, 0.717) is 27.8 Å². The van der Waals surface area contributed by atoms with Crippen LogP contribution in [0.1, 0.15) is 12.5 Å². The van der Waals surface area contributed by atoms with E-state index in [0.717, 1.165) is 0 Å². The fourth-order valence-corrected chi connectivity index (χ4v) is 1.67. The molecule has 1 aromatic rings. The highest BCUT2D eigenvalue weighted by Gasteiger charge is 2.08. The summed E-state index contributed by atoms with van der Waals surface area (Å²) < 4.78 is 0. The van der Waals surface area contributed by atoms with E-state index < -0.39 is 0 Å². The molecule has 0 heterocycles. The topological polar surface area (TPSA) is 58.4 Å². The van der Waals surface area contributed by atoms with Crippen molar-refractivity contribution in [2.75, 3.05) is 25.5 Å². The zero-order valence-electron chi connectivity index (χ0n) is 10.4. The van der Waals surface area contributed by atoms with Crippen LogP contribution in [-0.2, 0) is 4.79 Å². The lowest BCUT2D eigenvalue weighted by Gasteiger charge is -2.16. The van der Waals surface area contributed by atoms with Gasteiger partial charge in [-0.15, -0.1) is 0 Å². The molecular weight excluding hydrogens is 270 g/mol. The summed E-state index contributed by atoms with van der Waals surface area (Å²) >= 11 is 10.9. The molecule has 0 fully saturated rings. The maximum absolute atomic E-state index is 11.6. The fourth-order valence-electron chi connectivity index (χ4n) is 1.29. The number of hydrogen-bond acceptors (Lipinski definition) is 3. The van der Waals surface area contributed by atoms with E-state index in [1.165, 1.54) is 0 Å². The number of nitrogens with zero attached hydrogens (tertiary/aromatic N) is 1. The highest BCUT2D eigenvalue weighted by Crippen LogP contribution is 2.22. The van der Waals surface area contributed by atoms with Crippen LogP contribution in [0.2, 0.25) is 5.02 Å². The summed E-state index contributed by atoms with van der Waals surface area (Å²) in [6.45, 7) is 2.80. The van der Waals surface area contributed by atoms with E-state index in [1.54, 1.807) is 30.1 Å². The third kappa shape index (κ3) is 3.85. The average molecular weight is 286 g/mol. The molecule has 0 bridgehead atoms. The van der Waals surface area contributed by atoms with Gasteiger partial charge in [-0.1, -0.05) is 23.8 Å². The quantitative estimate of drug-likeness (QED) is 0.811. The van der Waals surface area contributed by atoms with Crippen LogP contribution in [0.3, 0.4) is 0 Å². The Balaban J connectivity index is 2.69. The Kier molecular flexibility index (Phi) is 5.37. The molecule has 1 aromatic carbocycles. The second kappa shape index (κ2) is 6.56. The van der Waals surface area contributed by atoms with Crippen LogP contribution in [0.25, 0.3) is 0 Å². The average Bonchev–Trinajstić information content (AvgIpc) is 2.35. The minimum Gasteiger partial charge on any atom is -0.389 e. The van der Waals surface area contributed by atoms with Gasteiger partial charge in [0.05, 0.1) is 17.3 Å². The van der Waals surface area contributed by atoms with E-state index in [9.17, 15) is 4.79 Å². The Morgan fingerprint density at radius 1 is 1.56 bits per heavy atom. The van der Waals surface area contributed by atoms with Crippen LogP contribution in [0, 0.1) is 0 Å². The van der Waals surface area contributed by atoms with Gasteiger partial charge >= 0.3 is 0 Å². The second-order valence-corrected chi connectivity index (χ2v) is 4.67. The predicted octanol–water partition coefficient (Wildman–Crippen LogP) is 1.86. The van der Waals surface area contributed by atoms with E-state index >= 15 is 0 Å². The molecule has 3 N–H and O–H groups in total. The molecule has 0 aliphatic carbocycles. The van der Waals surface area contributed by atoms with Gasteiger partial charge in [0.2, 0.25) is 5.91 Å². The number of benzene rings is 1. The van der Waals surface area contributed by atoms with Crippen molar-refractivity contribution in [2.24, 2.45) is 5.73 Å². The number of rotatable bonds is 5. The second-order valence-electron chi connectivity index (χ2n) is 3.82. The van der Waals surface area contributed by atoms with Crippen molar-refractivity contribution in [3.63, 3.8) is 0 Å². The van der Waals surface area contributed by atoms with Crippen molar-refractivity contribution in [3.05, 3.63) is 28.8 Å². The Bertz CT molecular complexity index is 465.